The van der Waals surface area contributed by atoms with E-state index in [0.717, 1.165) is 28.1 Å². The van der Waals surface area contributed by atoms with Gasteiger partial charge in [-0.2, -0.15) is 0 Å². The molecular weight excluding hydrogens is 550 g/mol. The smallest absolute Gasteiger partial charge is 0.121 e. The number of aryl methyl sites for hydroxylation is 1. The molecule has 32 heavy (non-hydrogen) atoms. The van der Waals surface area contributed by atoms with E-state index in [4.69, 9.17) is 28.9 Å². The number of nitrogens with two attached hydrogens (primary N) is 1. The molecule has 4 rings (SSSR count). The van der Waals surface area contributed by atoms with Crippen LogP contribution in [-0.2, 0) is 4.87 Å². The van der Waals surface area contributed by atoms with Crippen molar-refractivity contribution in [2.24, 2.45) is 0 Å². The lowest BCUT2D eigenvalue weighted by Gasteiger charge is -2.30. The van der Waals surface area contributed by atoms with Gasteiger partial charge in [0.05, 0.1) is 11.4 Å². The van der Waals surface area contributed by atoms with Crippen molar-refractivity contribution in [1.29, 1.82) is 0 Å². The van der Waals surface area contributed by atoms with Gasteiger partial charge in [0.15, 0.2) is 0 Å². The average molecular weight is 577 g/mol. The first-order valence-corrected chi connectivity index (χ1v) is 10.8. The zero-order valence-electron chi connectivity index (χ0n) is 18.1. The molecule has 166 valence electrons. The summed E-state index contributed by atoms with van der Waals surface area (Å²) >= 11 is 13.6. The number of nitrogens with one attached hydrogen (secondary N) is 1. The van der Waals surface area contributed by atoms with Crippen LogP contribution in [0.2, 0.25) is 5.02 Å². The topological polar surface area (TPSA) is 38.0 Å². The lowest BCUT2D eigenvalue weighted by molar-refractivity contribution is 0.879. The molecule has 5 heteroatoms. The fourth-order valence-electron chi connectivity index (χ4n) is 3.39. The first-order chi connectivity index (χ1) is 15.0. The first-order valence-electron chi connectivity index (χ1n) is 10.1. The van der Waals surface area contributed by atoms with E-state index in [-0.39, 0.29) is 24.0 Å². The van der Waals surface area contributed by atoms with Crippen molar-refractivity contribution in [2.75, 3.05) is 18.1 Å². The second-order valence-corrected chi connectivity index (χ2v) is 8.18. The van der Waals surface area contributed by atoms with Gasteiger partial charge in [0.1, 0.15) is 4.87 Å². The van der Waals surface area contributed by atoms with Gasteiger partial charge in [-0.1, -0.05) is 102 Å². The third-order valence-corrected chi connectivity index (χ3v) is 6.07. The van der Waals surface area contributed by atoms with Crippen LogP contribution in [0.3, 0.4) is 0 Å². The molecule has 3 N–H and O–H groups in total. The van der Waals surface area contributed by atoms with Crippen LogP contribution in [0.5, 0.6) is 0 Å². The molecule has 0 radical (unpaired) electrons. The minimum atomic E-state index is -0.798. The van der Waals surface area contributed by atoms with E-state index in [9.17, 15) is 0 Å². The van der Waals surface area contributed by atoms with Crippen LogP contribution in [0.4, 0.5) is 11.4 Å². The lowest BCUT2D eigenvalue weighted by atomic mass is 9.84. The Morgan fingerprint density at radius 2 is 1.25 bits per heavy atom. The van der Waals surface area contributed by atoms with Crippen LogP contribution in [-0.4, -0.2) is 7.05 Å². The average Bonchev–Trinajstić information content (AvgIpc) is 2.81. The molecule has 0 aliphatic heterocycles. The third kappa shape index (κ3) is 5.97. The minimum Gasteiger partial charge on any atom is -0.397 e. The first kappa shape index (κ1) is 26.0. The Labute approximate surface area is 217 Å². The molecule has 4 aromatic rings. The fourth-order valence-corrected chi connectivity index (χ4v) is 4.14. The highest BCUT2D eigenvalue weighted by Crippen LogP contribution is 2.45. The number of halogens is 3. The molecule has 0 aliphatic rings. The fraction of sp³-hybridized carbons (Fsp3) is 0.111. The monoisotopic (exact) mass is 576 g/mol. The van der Waals surface area contributed by atoms with E-state index >= 15 is 0 Å². The number of alkyl halides is 1. The highest BCUT2D eigenvalue weighted by Gasteiger charge is 2.35. The summed E-state index contributed by atoms with van der Waals surface area (Å²) in [5.74, 6) is 0. The van der Waals surface area contributed by atoms with Gasteiger partial charge in [-0.3, -0.25) is 0 Å². The van der Waals surface area contributed by atoms with Crippen molar-refractivity contribution in [3.8, 4) is 0 Å². The summed E-state index contributed by atoms with van der Waals surface area (Å²) in [5.41, 5.74) is 11.5. The Morgan fingerprint density at radius 1 is 0.719 bits per heavy atom. The van der Waals surface area contributed by atoms with Crippen molar-refractivity contribution in [1.82, 2.24) is 0 Å². The predicted molar refractivity (Wildman–Crippen MR) is 151 cm³/mol. The standard InChI is InChI=1S/C20H16Cl2.C7H10N2.HI/c1-15-11-13-17(14-12-15)20(22,16-7-3-2-4-8-16)18-9-5-6-10-19(18)21;1-9-7-5-3-2-4-6(7)8;/h2-14H,1H3;2-5,9H,8H2,1H3;1H. The van der Waals surface area contributed by atoms with Crippen LogP contribution >= 0.6 is 47.2 Å². The Hall–Kier alpha value is -2.21. The maximum atomic E-state index is 7.19. The van der Waals surface area contributed by atoms with Gasteiger partial charge in [0.2, 0.25) is 0 Å². The quantitative estimate of drug-likeness (QED) is 0.111. The van der Waals surface area contributed by atoms with Gasteiger partial charge < -0.3 is 11.1 Å². The number of rotatable bonds is 4. The number of para-hydroxylation sites is 2. The maximum Gasteiger partial charge on any atom is 0.121 e. The van der Waals surface area contributed by atoms with Crippen LogP contribution < -0.4 is 11.1 Å². The molecule has 1 unspecified atom stereocenters. The van der Waals surface area contributed by atoms with E-state index in [2.05, 4.69) is 36.5 Å². The highest BCUT2D eigenvalue weighted by molar-refractivity contribution is 14.0. The van der Waals surface area contributed by atoms with Crippen molar-refractivity contribution in [3.63, 3.8) is 0 Å². The predicted octanol–water partition coefficient (Wildman–Crippen LogP) is 8.11. The summed E-state index contributed by atoms with van der Waals surface area (Å²) in [5, 5.41) is 3.64. The third-order valence-electron chi connectivity index (χ3n) is 5.10. The van der Waals surface area contributed by atoms with Crippen molar-refractivity contribution >= 4 is 58.6 Å². The van der Waals surface area contributed by atoms with Gasteiger partial charge in [-0.15, -0.1) is 35.6 Å². The van der Waals surface area contributed by atoms with Crippen LogP contribution in [0.1, 0.15) is 22.3 Å². The molecule has 2 nitrogen and oxygen atoms in total. The molecule has 0 saturated heterocycles. The Kier molecular flexibility index (Phi) is 9.88. The molecule has 4 aromatic carbocycles. The highest BCUT2D eigenvalue weighted by atomic mass is 127. The van der Waals surface area contributed by atoms with E-state index < -0.39 is 4.87 Å². The van der Waals surface area contributed by atoms with E-state index in [1.807, 2.05) is 85.9 Å². The molecule has 0 fully saturated rings. The van der Waals surface area contributed by atoms with Gasteiger partial charge >= 0.3 is 0 Å². The molecule has 0 spiro atoms. The van der Waals surface area contributed by atoms with Crippen molar-refractivity contribution in [2.45, 2.75) is 11.8 Å². The summed E-state index contributed by atoms with van der Waals surface area (Å²) in [4.78, 5) is -0.798. The Bertz CT molecular complexity index is 1120. The van der Waals surface area contributed by atoms with Gasteiger partial charge in [-0.25, -0.2) is 0 Å². The van der Waals surface area contributed by atoms with Crippen LogP contribution in [0, 0.1) is 6.92 Å². The van der Waals surface area contributed by atoms with Crippen LogP contribution in [0.25, 0.3) is 0 Å². The molecule has 0 saturated carbocycles. The zero-order chi connectivity index (χ0) is 22.3. The molecule has 0 bridgehead atoms. The van der Waals surface area contributed by atoms with E-state index in [1.54, 1.807) is 0 Å². The summed E-state index contributed by atoms with van der Waals surface area (Å²) in [7, 11) is 1.85. The Morgan fingerprint density at radius 3 is 1.81 bits per heavy atom. The van der Waals surface area contributed by atoms with Crippen LogP contribution in [0.15, 0.2) is 103 Å². The molecule has 1 atom stereocenters. The number of hydrogen-bond acceptors (Lipinski definition) is 2. The van der Waals surface area contributed by atoms with Gasteiger partial charge in [0.25, 0.3) is 0 Å². The number of hydrogen-bond donors (Lipinski definition) is 2. The SMILES string of the molecule is CNc1ccccc1N.Cc1ccc(C(Cl)(c2ccccc2)c2ccccc2Cl)cc1.I. The molecule has 0 aromatic heterocycles. The van der Waals surface area contributed by atoms with E-state index in [0.29, 0.717) is 5.02 Å². The zero-order valence-corrected chi connectivity index (χ0v) is 21.9. The molecule has 0 heterocycles. The van der Waals surface area contributed by atoms with Gasteiger partial charge in [0, 0.05) is 17.6 Å². The van der Waals surface area contributed by atoms with Crippen molar-refractivity contribution in [3.05, 3.63) is 130 Å². The summed E-state index contributed by atoms with van der Waals surface area (Å²) in [6, 6.07) is 33.8. The second kappa shape index (κ2) is 12.1. The summed E-state index contributed by atoms with van der Waals surface area (Å²) in [6.45, 7) is 2.07. The molecule has 0 amide bonds. The molecular formula is C27H27Cl2IN2. The van der Waals surface area contributed by atoms with Crippen molar-refractivity contribution < 1.29 is 0 Å². The number of benzene rings is 4. The number of anilines is 2. The normalized spacial score (nSPS) is 11.9. The van der Waals surface area contributed by atoms with E-state index in [1.165, 1.54) is 5.56 Å². The number of nitrogen functional groups attached to an aromatic ring is 1. The maximum absolute atomic E-state index is 7.19. The minimum absolute atomic E-state index is 0. The molecule has 0 aliphatic carbocycles. The largest absolute Gasteiger partial charge is 0.397 e. The lowest BCUT2D eigenvalue weighted by Crippen LogP contribution is -2.22. The Balaban J connectivity index is 0.000000307. The second-order valence-electron chi connectivity index (χ2n) is 7.21. The summed E-state index contributed by atoms with van der Waals surface area (Å²) < 4.78 is 0. The summed E-state index contributed by atoms with van der Waals surface area (Å²) in [6.07, 6.45) is 0. The van der Waals surface area contributed by atoms with Gasteiger partial charge in [-0.05, 0) is 36.2 Å².